The topological polar surface area (TPSA) is 201 Å². The van der Waals surface area contributed by atoms with Crippen LogP contribution in [0.2, 0.25) is 5.02 Å². The van der Waals surface area contributed by atoms with Crippen molar-refractivity contribution in [2.45, 2.75) is 162 Å². The van der Waals surface area contributed by atoms with Gasteiger partial charge in [0.25, 0.3) is 5.91 Å². The third-order valence-electron chi connectivity index (χ3n) is 15.9. The van der Waals surface area contributed by atoms with E-state index >= 15 is 4.79 Å². The lowest BCUT2D eigenvalue weighted by atomic mass is 9.84. The molecule has 17 heteroatoms. The third kappa shape index (κ3) is 13.6. The summed E-state index contributed by atoms with van der Waals surface area (Å²) in [4.78, 5) is 105. The van der Waals surface area contributed by atoms with Crippen LogP contribution < -0.4 is 31.9 Å². The summed E-state index contributed by atoms with van der Waals surface area (Å²) in [6.45, 7) is 16.9. The number of halogens is 1. The van der Waals surface area contributed by atoms with Gasteiger partial charge in [-0.2, -0.15) is 0 Å². The molecule has 6 N–H and O–H groups in total. The average molecular weight is 1090 g/mol. The van der Waals surface area contributed by atoms with E-state index in [9.17, 15) is 28.8 Å². The van der Waals surface area contributed by atoms with Crippen LogP contribution in [-0.2, 0) is 54.7 Å². The average Bonchev–Trinajstić information content (AvgIpc) is 3.98. The fraction of sp³-hybridized carbons (Fsp3) is 0.492. The number of nitrogens with zero attached hydrogens (tertiary/aromatic N) is 3. The number of amides is 7. The number of likely N-dealkylation sites (N-methyl/N-ethyl adjacent to an activating group) is 2. The molecule has 2 heterocycles. The van der Waals surface area contributed by atoms with Crippen LogP contribution in [0.3, 0.4) is 0 Å². The maximum Gasteiger partial charge on any atom is 0.251 e. The fourth-order valence-corrected chi connectivity index (χ4v) is 11.1. The van der Waals surface area contributed by atoms with Gasteiger partial charge in [-0.05, 0) is 123 Å². The fourth-order valence-electron chi connectivity index (χ4n) is 10.8. The first-order valence-electron chi connectivity index (χ1n) is 27.4. The number of carbonyl (C=O) groups excluding carboxylic acids is 7. The highest BCUT2D eigenvalue weighted by molar-refractivity contribution is 6.31. The summed E-state index contributed by atoms with van der Waals surface area (Å²) in [6, 6.07) is 23.7. The van der Waals surface area contributed by atoms with E-state index in [1.165, 1.54) is 10.5 Å². The van der Waals surface area contributed by atoms with Crippen LogP contribution >= 0.6 is 11.6 Å². The summed E-state index contributed by atoms with van der Waals surface area (Å²) in [6.07, 6.45) is 2.95. The summed E-state index contributed by atoms with van der Waals surface area (Å²) in [7, 11) is 3.34. The number of hydrogen-bond acceptors (Lipinski definition) is 9. The van der Waals surface area contributed by atoms with Crippen molar-refractivity contribution in [2.75, 3.05) is 20.6 Å². The normalized spacial score (nSPS) is 20.2. The molecule has 0 saturated carbocycles. The van der Waals surface area contributed by atoms with Gasteiger partial charge in [0.15, 0.2) is 0 Å². The molecule has 1 aliphatic carbocycles. The van der Waals surface area contributed by atoms with Crippen molar-refractivity contribution in [2.24, 2.45) is 10.8 Å². The Morgan fingerprint density at radius 1 is 0.667 bits per heavy atom. The second-order valence-corrected chi connectivity index (χ2v) is 23.9. The van der Waals surface area contributed by atoms with Crippen molar-refractivity contribution < 1.29 is 33.6 Å². The summed E-state index contributed by atoms with van der Waals surface area (Å²) in [5.41, 5.74) is 4.38. The van der Waals surface area contributed by atoms with Gasteiger partial charge in [0, 0.05) is 42.7 Å². The molecule has 6 unspecified atom stereocenters. The largest absolute Gasteiger partial charge is 0.347 e. The van der Waals surface area contributed by atoms with Crippen LogP contribution in [0.5, 0.6) is 0 Å². The van der Waals surface area contributed by atoms with Gasteiger partial charge in [0.05, 0.1) is 24.2 Å². The van der Waals surface area contributed by atoms with E-state index < -0.39 is 71.0 Å². The Morgan fingerprint density at radius 2 is 1.22 bits per heavy atom. The minimum absolute atomic E-state index is 0.0339. The highest BCUT2D eigenvalue weighted by Gasteiger charge is 2.47. The van der Waals surface area contributed by atoms with Gasteiger partial charge in [-0.15, -0.1) is 0 Å². The van der Waals surface area contributed by atoms with E-state index in [4.69, 9.17) is 11.6 Å². The van der Waals surface area contributed by atoms with Gasteiger partial charge in [-0.3, -0.25) is 33.6 Å². The Balaban J connectivity index is 1.15. The smallest absolute Gasteiger partial charge is 0.251 e. The first kappa shape index (κ1) is 59.0. The van der Waals surface area contributed by atoms with Gasteiger partial charge in [0.2, 0.25) is 35.4 Å². The highest BCUT2D eigenvalue weighted by atomic mass is 35.5. The number of nitrogens with one attached hydrogen (secondary N) is 6. The van der Waals surface area contributed by atoms with Crippen molar-refractivity contribution in [3.63, 3.8) is 0 Å². The van der Waals surface area contributed by atoms with Crippen molar-refractivity contribution in [1.82, 2.24) is 46.6 Å². The van der Waals surface area contributed by atoms with E-state index in [0.717, 1.165) is 36.0 Å². The predicted molar refractivity (Wildman–Crippen MR) is 303 cm³/mol. The van der Waals surface area contributed by atoms with E-state index in [1.807, 2.05) is 109 Å². The van der Waals surface area contributed by atoms with Gasteiger partial charge in [0.1, 0.15) is 24.2 Å². The predicted octanol–water partition coefficient (Wildman–Crippen LogP) is 6.55. The zero-order valence-electron chi connectivity index (χ0n) is 47.2. The molecule has 4 aromatic carbocycles. The summed E-state index contributed by atoms with van der Waals surface area (Å²) >= 11 is 6.84. The molecular weight excluding hydrogens is 1010 g/mol. The summed E-state index contributed by atoms with van der Waals surface area (Å²) in [5.74, 6) is -2.54. The third-order valence-corrected chi connectivity index (χ3v) is 16.2. The van der Waals surface area contributed by atoms with Gasteiger partial charge >= 0.3 is 0 Å². The van der Waals surface area contributed by atoms with Crippen molar-refractivity contribution in [3.8, 4) is 0 Å². The molecule has 2 aliphatic heterocycles. The van der Waals surface area contributed by atoms with Gasteiger partial charge in [-0.1, -0.05) is 132 Å². The number of carbonyl (C=O) groups is 7. The Hall–Kier alpha value is -6.62. The SMILES string of the molecule is CN[C@@H](C)C(=O)NC(C(=O)N1C[C@@H](NC(=O)c2ccc(CN(C(=O)C3Cc4ccccc4CN3C(=O)C(NC(=O)[C@H](C)NC)C(C)(C)C)C(C)c3ccccc3Cl)cc2)CC1C(=O)NC1CCCc2ccccc21)C(C)(C)C. The number of fused-ring (bicyclic) bond motifs is 2. The second kappa shape index (κ2) is 25.0. The Labute approximate surface area is 465 Å². The number of benzene rings is 4. The molecule has 418 valence electrons. The van der Waals surface area contributed by atoms with E-state index in [0.29, 0.717) is 21.7 Å². The standard InChI is InChI=1S/C61H80ClN9O7/c1-36(63-10)53(72)67-51(60(4,5)6)58(77)70-34-43-21-13-12-20-42(43)31-50(70)57(76)69(38(3)45-23-16-17-25-47(45)62)33-39-27-29-41(30-28-39)55(74)65-44-32-49(56(75)66-48-26-18-22-40-19-14-15-24-46(40)48)71(35-44)59(78)52(61(7,8)9)68-54(73)37(2)64-11/h12-17,19-21,23-25,27-30,36-38,44,48-52,63-64H,18,22,26,31-35H2,1-11H3,(H,65,74)(H,66,75)(H,67,72)(H,68,73)/t36-,37-,38?,44-,48?,49?,50?,51?,52?/m0/s1. The van der Waals surface area contributed by atoms with Crippen LogP contribution in [0.4, 0.5) is 0 Å². The van der Waals surface area contributed by atoms with Crippen LogP contribution in [0, 0.1) is 10.8 Å². The van der Waals surface area contributed by atoms with Crippen LogP contribution in [0.15, 0.2) is 97.1 Å². The Morgan fingerprint density at radius 3 is 1.81 bits per heavy atom. The molecule has 0 spiro atoms. The molecule has 0 aromatic heterocycles. The maximum atomic E-state index is 15.5. The zero-order valence-corrected chi connectivity index (χ0v) is 47.9. The minimum atomic E-state index is -0.974. The molecule has 1 saturated heterocycles. The number of hydrogen-bond donors (Lipinski definition) is 6. The monoisotopic (exact) mass is 1090 g/mol. The summed E-state index contributed by atoms with van der Waals surface area (Å²) < 4.78 is 0. The minimum Gasteiger partial charge on any atom is -0.347 e. The molecule has 3 aliphatic rings. The molecule has 9 atom stereocenters. The molecule has 1 fully saturated rings. The lowest BCUT2D eigenvalue weighted by molar-refractivity contribution is -0.152. The molecule has 4 aromatic rings. The number of rotatable bonds is 17. The molecule has 7 rings (SSSR count). The molecule has 78 heavy (non-hydrogen) atoms. The van der Waals surface area contributed by atoms with E-state index in [1.54, 1.807) is 68.1 Å². The van der Waals surface area contributed by atoms with Gasteiger partial charge in [-0.25, -0.2) is 0 Å². The van der Waals surface area contributed by atoms with Crippen molar-refractivity contribution >= 4 is 53.0 Å². The van der Waals surface area contributed by atoms with E-state index in [2.05, 4.69) is 38.0 Å². The van der Waals surface area contributed by atoms with Crippen LogP contribution in [0.25, 0.3) is 0 Å². The van der Waals surface area contributed by atoms with Crippen LogP contribution in [-0.4, -0.2) is 119 Å². The number of aryl methyl sites for hydroxylation is 1. The second-order valence-electron chi connectivity index (χ2n) is 23.5. The lowest BCUT2D eigenvalue weighted by Crippen LogP contribution is -2.62. The molecular formula is C61H80ClN9O7. The first-order chi connectivity index (χ1) is 36.9. The first-order valence-corrected chi connectivity index (χ1v) is 27.7. The van der Waals surface area contributed by atoms with Crippen LogP contribution in [0.1, 0.15) is 137 Å². The van der Waals surface area contributed by atoms with E-state index in [-0.39, 0.29) is 68.1 Å². The molecule has 0 radical (unpaired) electrons. The Kier molecular flexibility index (Phi) is 18.9. The van der Waals surface area contributed by atoms with Crippen molar-refractivity contribution in [3.05, 3.63) is 141 Å². The number of likely N-dealkylation sites (tertiary alicyclic amines) is 1. The van der Waals surface area contributed by atoms with Crippen molar-refractivity contribution in [1.29, 1.82) is 0 Å². The Bertz CT molecular complexity index is 2850. The molecule has 16 nitrogen and oxygen atoms in total. The maximum absolute atomic E-state index is 15.5. The molecule has 7 amide bonds. The molecule has 0 bridgehead atoms. The quantitative estimate of drug-likeness (QED) is 0.0678. The van der Waals surface area contributed by atoms with Gasteiger partial charge < -0.3 is 46.6 Å². The zero-order chi connectivity index (χ0) is 56.8. The summed E-state index contributed by atoms with van der Waals surface area (Å²) in [5, 5.41) is 18.6. The lowest BCUT2D eigenvalue weighted by Gasteiger charge is -2.43. The highest BCUT2D eigenvalue weighted by Crippen LogP contribution is 2.35.